The second-order valence-electron chi connectivity index (χ2n) is 6.61. The summed E-state index contributed by atoms with van der Waals surface area (Å²) in [7, 11) is 0. The zero-order valence-corrected chi connectivity index (χ0v) is 16.5. The third-order valence-electron chi connectivity index (χ3n) is 4.60. The van der Waals surface area contributed by atoms with Crippen molar-refractivity contribution < 1.29 is 4.79 Å². The maximum Gasteiger partial charge on any atom is 0.255 e. The molecule has 0 atom stereocenters. The fourth-order valence-electron chi connectivity index (χ4n) is 2.87. The van der Waals surface area contributed by atoms with Crippen LogP contribution in [0.2, 0.25) is 0 Å². The Balaban J connectivity index is 1.56. The van der Waals surface area contributed by atoms with Gasteiger partial charge in [-0.15, -0.1) is 11.3 Å². The highest BCUT2D eigenvalue weighted by molar-refractivity contribution is 7.13. The molecule has 0 spiro atoms. The summed E-state index contributed by atoms with van der Waals surface area (Å²) < 4.78 is 0. The summed E-state index contributed by atoms with van der Waals surface area (Å²) in [6, 6.07) is 17.4. The van der Waals surface area contributed by atoms with E-state index in [9.17, 15) is 4.79 Å². The molecule has 1 N–H and O–H groups in total. The van der Waals surface area contributed by atoms with E-state index in [0.29, 0.717) is 5.56 Å². The number of amides is 1. The maximum absolute atomic E-state index is 12.6. The lowest BCUT2D eigenvalue weighted by atomic mass is 10.1. The Kier molecular flexibility index (Phi) is 5.00. The van der Waals surface area contributed by atoms with E-state index in [4.69, 9.17) is 4.98 Å². The Labute approximate surface area is 167 Å². The average Bonchev–Trinajstić information content (AvgIpc) is 3.21. The van der Waals surface area contributed by atoms with E-state index in [1.54, 1.807) is 17.5 Å². The molecular formula is C23H19N3OS. The second-order valence-corrected chi connectivity index (χ2v) is 7.47. The number of hydrogen-bond donors (Lipinski definition) is 1. The van der Waals surface area contributed by atoms with Crippen LogP contribution in [0.3, 0.4) is 0 Å². The molecule has 28 heavy (non-hydrogen) atoms. The van der Waals surface area contributed by atoms with Crippen molar-refractivity contribution in [3.63, 3.8) is 0 Å². The zero-order chi connectivity index (χ0) is 19.5. The molecule has 0 aliphatic heterocycles. The highest BCUT2D eigenvalue weighted by Gasteiger charge is 2.10. The van der Waals surface area contributed by atoms with Gasteiger partial charge < -0.3 is 5.32 Å². The van der Waals surface area contributed by atoms with Crippen molar-refractivity contribution in [1.82, 2.24) is 9.97 Å². The van der Waals surface area contributed by atoms with Crippen molar-refractivity contribution in [2.45, 2.75) is 13.8 Å². The molecule has 0 saturated heterocycles. The van der Waals surface area contributed by atoms with E-state index in [1.807, 2.05) is 80.0 Å². The molecule has 5 heteroatoms. The Hall–Kier alpha value is -3.31. The number of aryl methyl sites for hydroxylation is 2. The van der Waals surface area contributed by atoms with Gasteiger partial charge in [0.25, 0.3) is 5.91 Å². The number of thiazole rings is 1. The highest BCUT2D eigenvalue weighted by Crippen LogP contribution is 2.29. The summed E-state index contributed by atoms with van der Waals surface area (Å²) in [5, 5.41) is 5.92. The van der Waals surface area contributed by atoms with Crippen molar-refractivity contribution in [3.8, 4) is 21.8 Å². The summed E-state index contributed by atoms with van der Waals surface area (Å²) in [5.74, 6) is -0.116. The van der Waals surface area contributed by atoms with Gasteiger partial charge in [0, 0.05) is 40.2 Å². The van der Waals surface area contributed by atoms with Gasteiger partial charge in [0.05, 0.1) is 5.69 Å². The number of carbonyl (C=O) groups is 1. The largest absolute Gasteiger partial charge is 0.322 e. The van der Waals surface area contributed by atoms with Crippen molar-refractivity contribution >= 4 is 22.9 Å². The molecule has 4 rings (SSSR count). The Morgan fingerprint density at radius 1 is 0.964 bits per heavy atom. The van der Waals surface area contributed by atoms with Crippen LogP contribution in [0.25, 0.3) is 21.8 Å². The monoisotopic (exact) mass is 385 g/mol. The van der Waals surface area contributed by atoms with Gasteiger partial charge in [0.1, 0.15) is 5.01 Å². The van der Waals surface area contributed by atoms with Gasteiger partial charge in [-0.25, -0.2) is 4.98 Å². The third kappa shape index (κ3) is 3.85. The molecule has 2 heterocycles. The molecule has 0 radical (unpaired) electrons. The normalized spacial score (nSPS) is 10.6. The maximum atomic E-state index is 12.6. The lowest BCUT2D eigenvalue weighted by Crippen LogP contribution is -2.12. The minimum Gasteiger partial charge on any atom is -0.322 e. The van der Waals surface area contributed by atoms with E-state index in [2.05, 4.69) is 10.3 Å². The van der Waals surface area contributed by atoms with Gasteiger partial charge in [0.15, 0.2) is 0 Å². The Bertz CT molecular complexity index is 1140. The molecule has 0 unspecified atom stereocenters. The van der Waals surface area contributed by atoms with Crippen LogP contribution in [0, 0.1) is 13.8 Å². The van der Waals surface area contributed by atoms with Gasteiger partial charge in [-0.1, -0.05) is 18.2 Å². The lowest BCUT2D eigenvalue weighted by molar-refractivity contribution is 0.102. The van der Waals surface area contributed by atoms with Gasteiger partial charge >= 0.3 is 0 Å². The van der Waals surface area contributed by atoms with Crippen LogP contribution in [0.5, 0.6) is 0 Å². The number of pyridine rings is 1. The molecule has 138 valence electrons. The van der Waals surface area contributed by atoms with Crippen molar-refractivity contribution in [2.75, 3.05) is 5.32 Å². The fourth-order valence-corrected chi connectivity index (χ4v) is 3.69. The van der Waals surface area contributed by atoms with Crippen molar-refractivity contribution in [1.29, 1.82) is 0 Å². The van der Waals surface area contributed by atoms with Crippen LogP contribution in [0.15, 0.2) is 72.4 Å². The molecule has 0 bridgehead atoms. The molecule has 0 aliphatic rings. The van der Waals surface area contributed by atoms with E-state index in [0.717, 1.165) is 33.1 Å². The molecule has 4 aromatic rings. The van der Waals surface area contributed by atoms with Crippen LogP contribution in [-0.4, -0.2) is 15.9 Å². The molecule has 2 aromatic carbocycles. The number of aromatic nitrogens is 2. The molecule has 1 amide bonds. The number of benzene rings is 2. The van der Waals surface area contributed by atoms with E-state index < -0.39 is 0 Å². The lowest BCUT2D eigenvalue weighted by Gasteiger charge is -2.08. The first-order chi connectivity index (χ1) is 13.6. The summed E-state index contributed by atoms with van der Waals surface area (Å²) >= 11 is 1.58. The van der Waals surface area contributed by atoms with Crippen LogP contribution in [0.1, 0.15) is 21.5 Å². The number of hydrogen-bond acceptors (Lipinski definition) is 4. The second kappa shape index (κ2) is 7.74. The zero-order valence-electron chi connectivity index (χ0n) is 15.6. The predicted molar refractivity (Wildman–Crippen MR) is 115 cm³/mol. The smallest absolute Gasteiger partial charge is 0.255 e. The van der Waals surface area contributed by atoms with Crippen LogP contribution in [0.4, 0.5) is 5.69 Å². The number of anilines is 1. The Morgan fingerprint density at radius 3 is 2.61 bits per heavy atom. The van der Waals surface area contributed by atoms with E-state index >= 15 is 0 Å². The van der Waals surface area contributed by atoms with Gasteiger partial charge in [-0.05, 0) is 61.4 Å². The molecule has 0 aliphatic carbocycles. The number of carbonyl (C=O) groups excluding carboxylic acids is 1. The third-order valence-corrected chi connectivity index (χ3v) is 5.49. The highest BCUT2D eigenvalue weighted by atomic mass is 32.1. The summed E-state index contributed by atoms with van der Waals surface area (Å²) in [5.41, 5.74) is 6.52. The first-order valence-electron chi connectivity index (χ1n) is 8.95. The van der Waals surface area contributed by atoms with Crippen molar-refractivity contribution in [2.24, 2.45) is 0 Å². The molecule has 0 fully saturated rings. The average molecular weight is 385 g/mol. The first kappa shape index (κ1) is 18.1. The predicted octanol–water partition coefficient (Wildman–Crippen LogP) is 5.74. The van der Waals surface area contributed by atoms with Crippen LogP contribution < -0.4 is 5.32 Å². The van der Waals surface area contributed by atoms with Crippen LogP contribution >= 0.6 is 11.3 Å². The van der Waals surface area contributed by atoms with Gasteiger partial charge in [-0.3, -0.25) is 9.78 Å². The summed E-state index contributed by atoms with van der Waals surface area (Å²) in [4.78, 5) is 21.4. The van der Waals surface area contributed by atoms with Crippen molar-refractivity contribution in [3.05, 3.63) is 89.1 Å². The number of nitrogens with zero attached hydrogens (tertiary/aromatic N) is 2. The first-order valence-corrected chi connectivity index (χ1v) is 9.83. The number of rotatable bonds is 4. The minimum absolute atomic E-state index is 0.116. The van der Waals surface area contributed by atoms with Crippen LogP contribution in [-0.2, 0) is 0 Å². The molecule has 4 nitrogen and oxygen atoms in total. The minimum atomic E-state index is -0.116. The van der Waals surface area contributed by atoms with Gasteiger partial charge in [0.2, 0.25) is 0 Å². The van der Waals surface area contributed by atoms with E-state index in [1.165, 1.54) is 5.56 Å². The molecule has 2 aromatic heterocycles. The fraction of sp³-hybridized carbons (Fsp3) is 0.0870. The van der Waals surface area contributed by atoms with Gasteiger partial charge in [-0.2, -0.15) is 0 Å². The summed E-state index contributed by atoms with van der Waals surface area (Å²) in [6.45, 7) is 4.04. The Morgan fingerprint density at radius 2 is 1.82 bits per heavy atom. The quantitative estimate of drug-likeness (QED) is 0.487. The van der Waals surface area contributed by atoms with E-state index in [-0.39, 0.29) is 5.91 Å². The molecule has 0 saturated carbocycles. The SMILES string of the molecule is Cc1ccc(C(=O)Nc2cccc(-c3csc(-c4cccnc4)n3)c2)cc1C. The number of nitrogens with one attached hydrogen (secondary N) is 1. The standard InChI is InChI=1S/C23H19N3OS/c1-15-8-9-18(11-16(15)2)22(27)25-20-7-3-5-17(12-20)21-14-28-23(26-21)19-6-4-10-24-13-19/h3-14H,1-2H3,(H,25,27). The summed E-state index contributed by atoms with van der Waals surface area (Å²) in [6.07, 6.45) is 3.56. The topological polar surface area (TPSA) is 54.9 Å². The molecular weight excluding hydrogens is 366 g/mol.